The fraction of sp³-hybridized carbons (Fsp3) is 0.750. The number of nitrogens with one attached hydrogen (secondary N) is 1. The van der Waals surface area contributed by atoms with Gasteiger partial charge in [0.15, 0.2) is 0 Å². The van der Waals surface area contributed by atoms with Crippen molar-refractivity contribution in [3.63, 3.8) is 0 Å². The number of thioether (sulfide) groups is 1. The Morgan fingerprint density at radius 3 is 3.06 bits per heavy atom. The van der Waals surface area contributed by atoms with Crippen LogP contribution in [0.5, 0.6) is 0 Å². The van der Waals surface area contributed by atoms with Crippen molar-refractivity contribution in [2.24, 2.45) is 0 Å². The van der Waals surface area contributed by atoms with E-state index in [1.54, 1.807) is 0 Å². The molecule has 0 atom stereocenters. The summed E-state index contributed by atoms with van der Waals surface area (Å²) in [6.45, 7) is 1.09. The number of hydrogen-bond donors (Lipinski definition) is 1. The van der Waals surface area contributed by atoms with Crippen LogP contribution in [0.25, 0.3) is 0 Å². The molecule has 0 aromatic carbocycles. The van der Waals surface area contributed by atoms with Gasteiger partial charge in [-0.2, -0.15) is 16.9 Å². The van der Waals surface area contributed by atoms with E-state index >= 15 is 0 Å². The Morgan fingerprint density at radius 2 is 2.31 bits per heavy atom. The molecule has 0 saturated carbocycles. The summed E-state index contributed by atoms with van der Waals surface area (Å²) in [4.78, 5) is 0. The summed E-state index contributed by atoms with van der Waals surface area (Å²) in [6.07, 6.45) is 9.18. The van der Waals surface area contributed by atoms with E-state index < -0.39 is 0 Å². The monoisotopic (exact) mass is 239 g/mol. The molecule has 0 aliphatic carbocycles. The summed E-state index contributed by atoms with van der Waals surface area (Å²) in [5, 5.41) is 7.68. The minimum Gasteiger partial charge on any atom is -0.320 e. The molecule has 1 aromatic heterocycles. The minimum atomic E-state index is 0.652. The fourth-order valence-corrected chi connectivity index (χ4v) is 3.21. The van der Waals surface area contributed by atoms with Crippen molar-refractivity contribution in [2.75, 3.05) is 25.1 Å². The highest BCUT2D eigenvalue weighted by Crippen LogP contribution is 2.26. The number of nitrogens with zero attached hydrogens (tertiary/aromatic N) is 2. The molecule has 16 heavy (non-hydrogen) atoms. The average Bonchev–Trinajstić information content (AvgIpc) is 2.79. The molecule has 3 nitrogen and oxygen atoms in total. The lowest BCUT2D eigenvalue weighted by Crippen LogP contribution is -2.15. The molecule has 0 bridgehead atoms. The van der Waals surface area contributed by atoms with E-state index in [0.29, 0.717) is 6.04 Å². The van der Waals surface area contributed by atoms with Crippen LogP contribution in [-0.2, 0) is 6.42 Å². The molecule has 0 unspecified atom stereocenters. The lowest BCUT2D eigenvalue weighted by molar-refractivity contribution is 0.426. The molecule has 2 rings (SSSR count). The van der Waals surface area contributed by atoms with Gasteiger partial charge in [0.1, 0.15) is 0 Å². The SMILES string of the molecule is CNCCCc1cnn(C2CCSCC2)c1. The number of aromatic nitrogens is 2. The molecule has 2 heterocycles. The van der Waals surface area contributed by atoms with Crippen LogP contribution >= 0.6 is 11.8 Å². The Morgan fingerprint density at radius 1 is 1.50 bits per heavy atom. The quantitative estimate of drug-likeness (QED) is 0.798. The van der Waals surface area contributed by atoms with E-state index in [9.17, 15) is 0 Å². The second-order valence-corrected chi connectivity index (χ2v) is 5.60. The van der Waals surface area contributed by atoms with E-state index in [2.05, 4.69) is 33.1 Å². The van der Waals surface area contributed by atoms with Crippen LogP contribution in [-0.4, -0.2) is 34.9 Å². The lowest BCUT2D eigenvalue weighted by atomic mass is 10.1. The first-order valence-corrected chi connectivity index (χ1v) is 7.31. The molecule has 1 fully saturated rings. The van der Waals surface area contributed by atoms with Crippen LogP contribution < -0.4 is 5.32 Å². The average molecular weight is 239 g/mol. The summed E-state index contributed by atoms with van der Waals surface area (Å²) < 4.78 is 2.19. The van der Waals surface area contributed by atoms with Crippen molar-refractivity contribution in [2.45, 2.75) is 31.7 Å². The summed E-state index contributed by atoms with van der Waals surface area (Å²) in [7, 11) is 2.00. The molecular formula is C12H21N3S. The maximum atomic E-state index is 4.51. The van der Waals surface area contributed by atoms with E-state index in [1.807, 2.05) is 13.2 Å². The molecule has 1 aromatic rings. The first kappa shape index (κ1) is 12.0. The molecule has 1 aliphatic rings. The predicted molar refractivity (Wildman–Crippen MR) is 70.1 cm³/mol. The Labute approximate surface area is 102 Å². The van der Waals surface area contributed by atoms with Crippen molar-refractivity contribution in [3.8, 4) is 0 Å². The Bertz CT molecular complexity index is 305. The third-order valence-electron chi connectivity index (χ3n) is 3.11. The van der Waals surface area contributed by atoms with Crippen molar-refractivity contribution in [3.05, 3.63) is 18.0 Å². The highest BCUT2D eigenvalue weighted by molar-refractivity contribution is 7.99. The fourth-order valence-electron chi connectivity index (χ4n) is 2.13. The first-order chi connectivity index (χ1) is 7.90. The first-order valence-electron chi connectivity index (χ1n) is 6.15. The molecule has 0 radical (unpaired) electrons. The molecule has 0 spiro atoms. The van der Waals surface area contributed by atoms with Crippen LogP contribution in [0, 0.1) is 0 Å². The van der Waals surface area contributed by atoms with Crippen LogP contribution in [0.2, 0.25) is 0 Å². The van der Waals surface area contributed by atoms with Gasteiger partial charge in [0.2, 0.25) is 0 Å². The Balaban J connectivity index is 1.85. The van der Waals surface area contributed by atoms with Gasteiger partial charge in [-0.3, -0.25) is 4.68 Å². The number of rotatable bonds is 5. The lowest BCUT2D eigenvalue weighted by Gasteiger charge is -2.21. The van der Waals surface area contributed by atoms with E-state index in [4.69, 9.17) is 0 Å². The van der Waals surface area contributed by atoms with Gasteiger partial charge in [0.25, 0.3) is 0 Å². The number of hydrogen-bond acceptors (Lipinski definition) is 3. The summed E-state index contributed by atoms with van der Waals surface area (Å²) >= 11 is 2.07. The molecule has 0 amide bonds. The summed E-state index contributed by atoms with van der Waals surface area (Å²) in [6, 6.07) is 0.652. The molecule has 90 valence electrons. The molecule has 1 N–H and O–H groups in total. The van der Waals surface area contributed by atoms with Gasteiger partial charge in [0.05, 0.1) is 12.2 Å². The minimum absolute atomic E-state index is 0.652. The van der Waals surface area contributed by atoms with E-state index in [1.165, 1.54) is 36.3 Å². The molecule has 1 aliphatic heterocycles. The van der Waals surface area contributed by atoms with Crippen molar-refractivity contribution in [1.29, 1.82) is 0 Å². The third-order valence-corrected chi connectivity index (χ3v) is 4.16. The van der Waals surface area contributed by atoms with Crippen LogP contribution in [0.3, 0.4) is 0 Å². The van der Waals surface area contributed by atoms with Crippen molar-refractivity contribution < 1.29 is 0 Å². The van der Waals surface area contributed by atoms with Crippen molar-refractivity contribution in [1.82, 2.24) is 15.1 Å². The highest BCUT2D eigenvalue weighted by Gasteiger charge is 2.15. The largest absolute Gasteiger partial charge is 0.320 e. The zero-order valence-electron chi connectivity index (χ0n) is 9.98. The van der Waals surface area contributed by atoms with Crippen LogP contribution in [0.4, 0.5) is 0 Å². The van der Waals surface area contributed by atoms with Gasteiger partial charge < -0.3 is 5.32 Å². The number of aryl methyl sites for hydroxylation is 1. The van der Waals surface area contributed by atoms with E-state index in [0.717, 1.165) is 13.0 Å². The van der Waals surface area contributed by atoms with Crippen LogP contribution in [0.15, 0.2) is 12.4 Å². The standard InChI is InChI=1S/C12H21N3S/c1-13-6-2-3-11-9-14-15(10-11)12-4-7-16-8-5-12/h9-10,12-13H,2-8H2,1H3. The summed E-state index contributed by atoms with van der Waals surface area (Å²) in [5.74, 6) is 2.58. The van der Waals surface area contributed by atoms with E-state index in [-0.39, 0.29) is 0 Å². The van der Waals surface area contributed by atoms with Gasteiger partial charge in [-0.25, -0.2) is 0 Å². The van der Waals surface area contributed by atoms with Crippen molar-refractivity contribution >= 4 is 11.8 Å². The summed E-state index contributed by atoms with van der Waals surface area (Å²) in [5.41, 5.74) is 1.38. The maximum Gasteiger partial charge on any atom is 0.0535 e. The van der Waals surface area contributed by atoms with Gasteiger partial charge in [-0.1, -0.05) is 0 Å². The topological polar surface area (TPSA) is 29.9 Å². The molecule has 4 heteroatoms. The zero-order valence-corrected chi connectivity index (χ0v) is 10.8. The second kappa shape index (κ2) is 6.30. The highest BCUT2D eigenvalue weighted by atomic mass is 32.2. The normalized spacial score (nSPS) is 17.8. The second-order valence-electron chi connectivity index (χ2n) is 4.38. The maximum absolute atomic E-state index is 4.51. The van der Waals surface area contributed by atoms with Gasteiger partial charge in [0, 0.05) is 6.20 Å². The Kier molecular flexibility index (Phi) is 4.72. The van der Waals surface area contributed by atoms with Crippen LogP contribution in [0.1, 0.15) is 30.9 Å². The predicted octanol–water partition coefficient (Wildman–Crippen LogP) is 2.10. The van der Waals surface area contributed by atoms with Gasteiger partial charge in [-0.15, -0.1) is 0 Å². The molecule has 1 saturated heterocycles. The van der Waals surface area contributed by atoms with Gasteiger partial charge >= 0.3 is 0 Å². The van der Waals surface area contributed by atoms with Gasteiger partial charge in [-0.05, 0) is 56.3 Å². The molecular weight excluding hydrogens is 218 g/mol. The third kappa shape index (κ3) is 3.25. The zero-order chi connectivity index (χ0) is 11.2. The smallest absolute Gasteiger partial charge is 0.0535 e. The Hall–Kier alpha value is -0.480.